The largest absolute Gasteiger partial charge is 0.434 e. The predicted octanol–water partition coefficient (Wildman–Crippen LogP) is 2.40. The summed E-state index contributed by atoms with van der Waals surface area (Å²) in [6, 6.07) is 9.29. The number of nitrogens with one attached hydrogen (secondary N) is 1. The Labute approximate surface area is 175 Å². The standard InChI is InChI=1S/C22H28N4O4/c1-2-22(10-13-25(14-11-22)19(27)16-7-4-3-5-8-16)20(28)26-12-6-9-17(15-26)18-23-24-21(29)30-18/h3-5,7-8,17H,2,6,9-15H2,1H3,(H,24,29). The zero-order valence-corrected chi connectivity index (χ0v) is 17.3. The van der Waals surface area contributed by atoms with Crippen molar-refractivity contribution in [1.82, 2.24) is 20.0 Å². The van der Waals surface area contributed by atoms with Crippen molar-refractivity contribution in [2.45, 2.75) is 44.9 Å². The summed E-state index contributed by atoms with van der Waals surface area (Å²) in [4.78, 5) is 41.3. The Morgan fingerprint density at radius 3 is 2.53 bits per heavy atom. The van der Waals surface area contributed by atoms with E-state index in [1.54, 1.807) is 0 Å². The number of carbonyl (C=O) groups is 2. The molecular formula is C22H28N4O4. The van der Waals surface area contributed by atoms with Crippen molar-refractivity contribution < 1.29 is 14.0 Å². The molecule has 8 nitrogen and oxygen atoms in total. The van der Waals surface area contributed by atoms with Gasteiger partial charge in [-0.3, -0.25) is 9.59 Å². The first-order chi connectivity index (χ1) is 14.5. The van der Waals surface area contributed by atoms with E-state index >= 15 is 0 Å². The summed E-state index contributed by atoms with van der Waals surface area (Å²) in [5, 5.41) is 6.26. The molecule has 2 amide bonds. The summed E-state index contributed by atoms with van der Waals surface area (Å²) < 4.78 is 5.13. The molecule has 2 aliphatic heterocycles. The minimum Gasteiger partial charge on any atom is -0.392 e. The highest BCUT2D eigenvalue weighted by atomic mass is 16.4. The smallest absolute Gasteiger partial charge is 0.392 e. The molecule has 0 bridgehead atoms. The van der Waals surface area contributed by atoms with Crippen LogP contribution in [0.5, 0.6) is 0 Å². The zero-order valence-electron chi connectivity index (χ0n) is 17.3. The lowest BCUT2D eigenvalue weighted by Gasteiger charge is -2.44. The van der Waals surface area contributed by atoms with Crippen molar-refractivity contribution in [3.8, 4) is 0 Å². The highest BCUT2D eigenvalue weighted by Crippen LogP contribution is 2.39. The molecule has 8 heteroatoms. The number of benzene rings is 1. The summed E-state index contributed by atoms with van der Waals surface area (Å²) in [5.74, 6) is -0.0608. The third-order valence-electron chi connectivity index (χ3n) is 6.67. The molecule has 2 saturated heterocycles. The number of piperidine rings is 2. The van der Waals surface area contributed by atoms with Gasteiger partial charge in [0.2, 0.25) is 11.8 Å². The minimum absolute atomic E-state index is 0.0272. The third kappa shape index (κ3) is 3.91. The molecule has 1 N–H and O–H groups in total. The van der Waals surface area contributed by atoms with Gasteiger partial charge >= 0.3 is 5.76 Å². The quantitative estimate of drug-likeness (QED) is 0.831. The van der Waals surface area contributed by atoms with E-state index in [1.165, 1.54) is 0 Å². The lowest BCUT2D eigenvalue weighted by Crippen LogP contribution is -2.53. The predicted molar refractivity (Wildman–Crippen MR) is 110 cm³/mol. The molecule has 160 valence electrons. The fourth-order valence-electron chi connectivity index (χ4n) is 4.73. The normalized spacial score (nSPS) is 21.4. The van der Waals surface area contributed by atoms with Crippen LogP contribution in [0.4, 0.5) is 0 Å². The molecule has 0 saturated carbocycles. The number of carbonyl (C=O) groups excluding carboxylic acids is 2. The van der Waals surface area contributed by atoms with Crippen LogP contribution in [-0.4, -0.2) is 58.0 Å². The SMILES string of the molecule is CCC1(C(=O)N2CCCC(c3n[nH]c(=O)o3)C2)CCN(C(=O)c2ccccc2)CC1. The van der Waals surface area contributed by atoms with E-state index in [2.05, 4.69) is 17.1 Å². The van der Waals surface area contributed by atoms with E-state index in [9.17, 15) is 14.4 Å². The molecule has 2 fully saturated rings. The Bertz CT molecular complexity index is 943. The second-order valence-electron chi connectivity index (χ2n) is 8.33. The van der Waals surface area contributed by atoms with Crippen molar-refractivity contribution in [3.05, 3.63) is 52.3 Å². The summed E-state index contributed by atoms with van der Waals surface area (Å²) in [6.07, 6.45) is 3.78. The van der Waals surface area contributed by atoms with Crippen molar-refractivity contribution in [3.63, 3.8) is 0 Å². The van der Waals surface area contributed by atoms with Gasteiger partial charge in [-0.05, 0) is 44.2 Å². The van der Waals surface area contributed by atoms with E-state index in [1.807, 2.05) is 40.1 Å². The highest BCUT2D eigenvalue weighted by Gasteiger charge is 2.44. The van der Waals surface area contributed by atoms with Gasteiger partial charge in [0.15, 0.2) is 0 Å². The van der Waals surface area contributed by atoms with Crippen LogP contribution in [-0.2, 0) is 4.79 Å². The number of aromatic nitrogens is 2. The average Bonchev–Trinajstić information content (AvgIpc) is 3.25. The summed E-state index contributed by atoms with van der Waals surface area (Å²) in [7, 11) is 0. The van der Waals surface area contributed by atoms with Crippen LogP contribution in [0.25, 0.3) is 0 Å². The number of H-pyrrole nitrogens is 1. The van der Waals surface area contributed by atoms with E-state index in [0.717, 1.165) is 19.3 Å². The number of hydrogen-bond donors (Lipinski definition) is 1. The van der Waals surface area contributed by atoms with Crippen LogP contribution in [0.3, 0.4) is 0 Å². The van der Waals surface area contributed by atoms with Gasteiger partial charge in [0.25, 0.3) is 5.91 Å². The Hall–Kier alpha value is -2.90. The van der Waals surface area contributed by atoms with Gasteiger partial charge in [-0.2, -0.15) is 0 Å². The van der Waals surface area contributed by atoms with Gasteiger partial charge in [-0.15, -0.1) is 5.10 Å². The van der Waals surface area contributed by atoms with Crippen LogP contribution >= 0.6 is 0 Å². The number of nitrogens with zero attached hydrogens (tertiary/aromatic N) is 3. The fourth-order valence-corrected chi connectivity index (χ4v) is 4.73. The van der Waals surface area contributed by atoms with E-state index < -0.39 is 11.2 Å². The lowest BCUT2D eigenvalue weighted by molar-refractivity contribution is -0.146. The minimum atomic E-state index is -0.561. The van der Waals surface area contributed by atoms with Crippen LogP contribution in [0.1, 0.15) is 61.2 Å². The molecule has 0 radical (unpaired) electrons. The first kappa shape index (κ1) is 20.4. The molecular weight excluding hydrogens is 384 g/mol. The number of aromatic amines is 1. The average molecular weight is 412 g/mol. The van der Waals surface area contributed by atoms with Crippen molar-refractivity contribution in [2.24, 2.45) is 5.41 Å². The summed E-state index contributed by atoms with van der Waals surface area (Å²) in [6.45, 7) is 4.44. The van der Waals surface area contributed by atoms with Crippen LogP contribution in [0.15, 0.2) is 39.5 Å². The number of likely N-dealkylation sites (tertiary alicyclic amines) is 2. The second kappa shape index (κ2) is 8.45. The Balaban J connectivity index is 1.42. The number of amides is 2. The van der Waals surface area contributed by atoms with Crippen LogP contribution in [0.2, 0.25) is 0 Å². The lowest BCUT2D eigenvalue weighted by atomic mass is 9.74. The Kier molecular flexibility index (Phi) is 5.74. The molecule has 4 rings (SSSR count). The number of rotatable bonds is 4. The van der Waals surface area contributed by atoms with Gasteiger partial charge in [0.05, 0.1) is 11.3 Å². The molecule has 3 heterocycles. The Morgan fingerprint density at radius 1 is 1.17 bits per heavy atom. The molecule has 30 heavy (non-hydrogen) atoms. The van der Waals surface area contributed by atoms with Crippen LogP contribution < -0.4 is 5.76 Å². The molecule has 1 aromatic heterocycles. The van der Waals surface area contributed by atoms with E-state index in [0.29, 0.717) is 50.5 Å². The molecule has 0 aliphatic carbocycles. The Morgan fingerprint density at radius 2 is 1.90 bits per heavy atom. The van der Waals surface area contributed by atoms with Gasteiger partial charge in [0, 0.05) is 31.7 Å². The second-order valence-corrected chi connectivity index (χ2v) is 8.33. The summed E-state index contributed by atoms with van der Waals surface area (Å²) >= 11 is 0. The monoisotopic (exact) mass is 412 g/mol. The maximum absolute atomic E-state index is 13.5. The van der Waals surface area contributed by atoms with Gasteiger partial charge < -0.3 is 14.2 Å². The highest BCUT2D eigenvalue weighted by molar-refractivity contribution is 5.94. The number of hydrogen-bond acceptors (Lipinski definition) is 5. The molecule has 2 aliphatic rings. The van der Waals surface area contributed by atoms with Gasteiger partial charge in [-0.1, -0.05) is 25.1 Å². The zero-order chi connectivity index (χ0) is 21.1. The molecule has 1 atom stereocenters. The maximum Gasteiger partial charge on any atom is 0.434 e. The van der Waals surface area contributed by atoms with Gasteiger partial charge in [-0.25, -0.2) is 9.89 Å². The molecule has 1 aromatic carbocycles. The summed E-state index contributed by atoms with van der Waals surface area (Å²) in [5.41, 5.74) is 0.245. The topological polar surface area (TPSA) is 99.5 Å². The van der Waals surface area contributed by atoms with E-state index in [-0.39, 0.29) is 17.7 Å². The molecule has 1 unspecified atom stereocenters. The molecule has 0 spiro atoms. The molecule has 2 aromatic rings. The van der Waals surface area contributed by atoms with Crippen molar-refractivity contribution >= 4 is 11.8 Å². The van der Waals surface area contributed by atoms with Crippen LogP contribution in [0, 0.1) is 5.41 Å². The van der Waals surface area contributed by atoms with E-state index in [4.69, 9.17) is 4.42 Å². The van der Waals surface area contributed by atoms with Crippen molar-refractivity contribution in [1.29, 1.82) is 0 Å². The maximum atomic E-state index is 13.5. The third-order valence-corrected chi connectivity index (χ3v) is 6.67. The first-order valence-electron chi connectivity index (χ1n) is 10.7. The first-order valence-corrected chi connectivity index (χ1v) is 10.7. The van der Waals surface area contributed by atoms with Crippen molar-refractivity contribution in [2.75, 3.05) is 26.2 Å². The fraction of sp³-hybridized carbons (Fsp3) is 0.545. The van der Waals surface area contributed by atoms with Gasteiger partial charge in [0.1, 0.15) is 0 Å².